The Morgan fingerprint density at radius 2 is 1.77 bits per heavy atom. The number of fused-ring (bicyclic) bond motifs is 5. The molecule has 0 N–H and O–H groups in total. The van der Waals surface area contributed by atoms with E-state index in [0.29, 0.717) is 17.5 Å². The molecule has 1 aliphatic heterocycles. The molecule has 0 spiro atoms. The van der Waals surface area contributed by atoms with Crippen LogP contribution in [0.25, 0.3) is 0 Å². The van der Waals surface area contributed by atoms with Gasteiger partial charge in [0.1, 0.15) is 5.75 Å². The van der Waals surface area contributed by atoms with E-state index in [1.165, 1.54) is 17.2 Å². The van der Waals surface area contributed by atoms with Crippen LogP contribution in [0.5, 0.6) is 5.75 Å². The molecule has 0 unspecified atom stereocenters. The Balaban J connectivity index is 1.42. The molecule has 3 aliphatic rings. The Kier molecular flexibility index (Phi) is 3.29. The van der Waals surface area contributed by atoms with E-state index in [-0.39, 0.29) is 35.2 Å². The molecule has 2 saturated carbocycles. The van der Waals surface area contributed by atoms with Gasteiger partial charge in [0.25, 0.3) is 0 Å². The first kappa shape index (κ1) is 15.4. The number of anilines is 1. The van der Waals surface area contributed by atoms with Crippen LogP contribution < -0.4 is 9.64 Å². The van der Waals surface area contributed by atoms with Crippen molar-refractivity contribution < 1.29 is 23.5 Å². The van der Waals surface area contributed by atoms with Crippen LogP contribution in [0.1, 0.15) is 29.8 Å². The van der Waals surface area contributed by atoms with Crippen molar-refractivity contribution in [2.24, 2.45) is 23.7 Å². The molecule has 132 valence electrons. The number of nitrogens with zero attached hydrogens (tertiary/aromatic N) is 1. The molecule has 6 heteroatoms. The van der Waals surface area contributed by atoms with Crippen molar-refractivity contribution in [3.63, 3.8) is 0 Å². The van der Waals surface area contributed by atoms with Crippen LogP contribution in [0.15, 0.2) is 47.1 Å². The van der Waals surface area contributed by atoms with Crippen molar-refractivity contribution in [2.75, 3.05) is 4.90 Å². The van der Waals surface area contributed by atoms with Crippen LogP contribution in [0.4, 0.5) is 5.69 Å². The van der Waals surface area contributed by atoms with Crippen LogP contribution in [0.2, 0.25) is 0 Å². The zero-order valence-corrected chi connectivity index (χ0v) is 14.0. The molecular weight excluding hydrogens is 334 g/mol. The zero-order chi connectivity index (χ0) is 17.8. The second kappa shape index (κ2) is 5.56. The van der Waals surface area contributed by atoms with Crippen LogP contribution in [-0.4, -0.2) is 17.8 Å². The van der Waals surface area contributed by atoms with Crippen molar-refractivity contribution in [3.05, 3.63) is 48.4 Å². The van der Waals surface area contributed by atoms with Crippen molar-refractivity contribution >= 4 is 23.5 Å². The second-order valence-electron chi connectivity index (χ2n) is 7.26. The molecule has 0 radical (unpaired) electrons. The maximum absolute atomic E-state index is 12.9. The smallest absolute Gasteiger partial charge is 0.379 e. The largest absolute Gasteiger partial charge is 0.457 e. The third-order valence-corrected chi connectivity index (χ3v) is 5.94. The minimum Gasteiger partial charge on any atom is -0.457 e. The van der Waals surface area contributed by atoms with E-state index in [0.717, 1.165) is 19.3 Å². The molecule has 5 rings (SSSR count). The monoisotopic (exact) mass is 351 g/mol. The summed E-state index contributed by atoms with van der Waals surface area (Å²) >= 11 is 0. The number of ether oxygens (including phenoxy) is 1. The third kappa shape index (κ3) is 2.14. The van der Waals surface area contributed by atoms with Gasteiger partial charge in [-0.2, -0.15) is 0 Å². The topological polar surface area (TPSA) is 76.8 Å². The summed E-state index contributed by atoms with van der Waals surface area (Å²) in [6.07, 6.45) is 4.47. The normalized spacial score (nSPS) is 29.3. The predicted octanol–water partition coefficient (Wildman–Crippen LogP) is 3.03. The number of furan rings is 1. The van der Waals surface area contributed by atoms with Gasteiger partial charge in [0.15, 0.2) is 0 Å². The molecule has 26 heavy (non-hydrogen) atoms. The number of benzene rings is 1. The molecule has 3 fully saturated rings. The van der Waals surface area contributed by atoms with Crippen LogP contribution in [0.3, 0.4) is 0 Å². The third-order valence-electron chi connectivity index (χ3n) is 5.94. The first-order valence-corrected chi connectivity index (χ1v) is 8.87. The Bertz CT molecular complexity index is 875. The lowest BCUT2D eigenvalue weighted by Gasteiger charge is -2.19. The number of carbonyl (C=O) groups excluding carboxylic acids is 3. The van der Waals surface area contributed by atoms with Gasteiger partial charge in [-0.25, -0.2) is 9.69 Å². The minimum absolute atomic E-state index is 0.0924. The first-order chi connectivity index (χ1) is 12.6. The Morgan fingerprint density at radius 3 is 2.42 bits per heavy atom. The van der Waals surface area contributed by atoms with Gasteiger partial charge in [-0.1, -0.05) is 6.07 Å². The number of rotatable bonds is 3. The lowest BCUT2D eigenvalue weighted by atomic mass is 9.81. The highest BCUT2D eigenvalue weighted by Crippen LogP contribution is 2.56. The van der Waals surface area contributed by atoms with E-state index in [2.05, 4.69) is 0 Å². The predicted molar refractivity (Wildman–Crippen MR) is 90.4 cm³/mol. The second-order valence-corrected chi connectivity index (χ2v) is 7.26. The summed E-state index contributed by atoms with van der Waals surface area (Å²) in [4.78, 5) is 39.1. The average molecular weight is 351 g/mol. The zero-order valence-electron chi connectivity index (χ0n) is 14.0. The van der Waals surface area contributed by atoms with Gasteiger partial charge < -0.3 is 9.15 Å². The fraction of sp³-hybridized carbons (Fsp3) is 0.350. The van der Waals surface area contributed by atoms with E-state index < -0.39 is 5.97 Å². The average Bonchev–Trinajstić information content (AvgIpc) is 3.39. The summed E-state index contributed by atoms with van der Waals surface area (Å²) in [7, 11) is 0. The van der Waals surface area contributed by atoms with E-state index >= 15 is 0 Å². The van der Waals surface area contributed by atoms with Gasteiger partial charge in [0, 0.05) is 6.07 Å². The van der Waals surface area contributed by atoms with Gasteiger partial charge in [-0.05, 0) is 55.4 Å². The summed E-state index contributed by atoms with van der Waals surface area (Å²) < 4.78 is 10.3. The highest BCUT2D eigenvalue weighted by Gasteiger charge is 2.61. The number of carbonyl (C=O) groups is 3. The molecule has 1 saturated heterocycles. The first-order valence-electron chi connectivity index (χ1n) is 8.87. The number of amides is 2. The molecule has 1 aromatic carbocycles. The highest BCUT2D eigenvalue weighted by molar-refractivity contribution is 6.22. The Labute approximate surface area is 149 Å². The lowest BCUT2D eigenvalue weighted by Crippen LogP contribution is -2.32. The van der Waals surface area contributed by atoms with Crippen LogP contribution in [0, 0.1) is 23.7 Å². The SMILES string of the molecule is O=C(Oc1cccc(N2C(=O)[C@H]3[C@H]4CC[C@@H](C4)[C@@H]3C2=O)c1)c1ccco1. The van der Waals surface area contributed by atoms with E-state index in [1.54, 1.807) is 30.3 Å². The van der Waals surface area contributed by atoms with Gasteiger partial charge in [-0.15, -0.1) is 0 Å². The quantitative estimate of drug-likeness (QED) is 0.483. The molecule has 1 aromatic heterocycles. The summed E-state index contributed by atoms with van der Waals surface area (Å²) in [5.41, 5.74) is 0.457. The van der Waals surface area contributed by atoms with E-state index in [9.17, 15) is 14.4 Å². The van der Waals surface area contributed by atoms with E-state index in [1.807, 2.05) is 0 Å². The summed E-state index contributed by atoms with van der Waals surface area (Å²) in [5, 5.41) is 0. The maximum atomic E-state index is 12.9. The molecule has 2 amide bonds. The number of imide groups is 1. The van der Waals surface area contributed by atoms with Crippen LogP contribution in [-0.2, 0) is 9.59 Å². The lowest BCUT2D eigenvalue weighted by molar-refractivity contribution is -0.123. The van der Waals surface area contributed by atoms with Crippen molar-refractivity contribution in [1.29, 1.82) is 0 Å². The van der Waals surface area contributed by atoms with Gasteiger partial charge in [0.2, 0.25) is 17.6 Å². The number of esters is 1. The molecule has 2 heterocycles. The summed E-state index contributed by atoms with van der Waals surface area (Å²) in [6.45, 7) is 0. The van der Waals surface area contributed by atoms with Crippen LogP contribution >= 0.6 is 0 Å². The summed E-state index contributed by atoms with van der Waals surface area (Å²) in [6, 6.07) is 9.64. The molecular formula is C20H17NO5. The minimum atomic E-state index is -0.624. The van der Waals surface area contributed by atoms with Gasteiger partial charge in [-0.3, -0.25) is 9.59 Å². The van der Waals surface area contributed by atoms with Crippen molar-refractivity contribution in [3.8, 4) is 5.75 Å². The van der Waals surface area contributed by atoms with Gasteiger partial charge in [0.05, 0.1) is 23.8 Å². The van der Waals surface area contributed by atoms with E-state index in [4.69, 9.17) is 9.15 Å². The Hall–Kier alpha value is -2.89. The Morgan fingerprint density at radius 1 is 1.04 bits per heavy atom. The van der Waals surface area contributed by atoms with Crippen molar-refractivity contribution in [1.82, 2.24) is 0 Å². The standard InChI is InChI=1S/C20H17NO5/c22-18-16-11-6-7-12(9-11)17(16)19(23)21(18)13-3-1-4-14(10-13)26-20(24)15-5-2-8-25-15/h1-5,8,10-12,16-17H,6-7,9H2/t11-,12-,16-,17-/m0/s1. The molecule has 2 aliphatic carbocycles. The molecule has 2 aromatic rings. The molecule has 2 bridgehead atoms. The summed E-state index contributed by atoms with van der Waals surface area (Å²) in [5.74, 6) is -0.145. The molecule has 4 atom stereocenters. The van der Waals surface area contributed by atoms with Gasteiger partial charge >= 0.3 is 5.97 Å². The highest BCUT2D eigenvalue weighted by atomic mass is 16.5. The number of hydrogen-bond donors (Lipinski definition) is 0. The maximum Gasteiger partial charge on any atom is 0.379 e. The molecule has 6 nitrogen and oxygen atoms in total. The van der Waals surface area contributed by atoms with Crippen molar-refractivity contribution in [2.45, 2.75) is 19.3 Å². The fourth-order valence-electron chi connectivity index (χ4n) is 4.90. The fourth-order valence-corrected chi connectivity index (χ4v) is 4.90. The number of hydrogen-bond acceptors (Lipinski definition) is 5.